The van der Waals surface area contributed by atoms with Crippen molar-refractivity contribution in [3.8, 4) is 0 Å². The van der Waals surface area contributed by atoms with E-state index in [-0.39, 0.29) is 0 Å². The van der Waals surface area contributed by atoms with E-state index in [1.807, 2.05) is 13.1 Å². The number of hydrogen-bond donors (Lipinski definition) is 3. The Morgan fingerprint density at radius 1 is 1.20 bits per heavy atom. The molecule has 0 amide bonds. The second kappa shape index (κ2) is 12.0. The Kier molecular flexibility index (Phi) is 9.09. The van der Waals surface area contributed by atoms with Crippen molar-refractivity contribution in [1.29, 1.82) is 0 Å². The fourth-order valence-electron chi connectivity index (χ4n) is 4.86. The highest BCUT2D eigenvalue weighted by molar-refractivity contribution is 5.74. The predicted octanol–water partition coefficient (Wildman–Crippen LogP) is 5.11. The van der Waals surface area contributed by atoms with Gasteiger partial charge in [-0.05, 0) is 68.5 Å². The van der Waals surface area contributed by atoms with Gasteiger partial charge in [0.05, 0.1) is 17.1 Å². The summed E-state index contributed by atoms with van der Waals surface area (Å²) in [6.07, 6.45) is 14.8. The molecule has 3 N–H and O–H groups in total. The van der Waals surface area contributed by atoms with Gasteiger partial charge in [0.1, 0.15) is 0 Å². The quantitative estimate of drug-likeness (QED) is 0.329. The lowest BCUT2D eigenvalue weighted by Gasteiger charge is -2.30. The number of allylic oxidation sites excluding steroid dienone is 1. The van der Waals surface area contributed by atoms with E-state index >= 15 is 0 Å². The van der Waals surface area contributed by atoms with Gasteiger partial charge in [-0.1, -0.05) is 44.4 Å². The van der Waals surface area contributed by atoms with Crippen LogP contribution in [-0.4, -0.2) is 49.9 Å². The largest absolute Gasteiger partial charge is 0.386 e. The first-order valence-corrected chi connectivity index (χ1v) is 11.8. The summed E-state index contributed by atoms with van der Waals surface area (Å²) in [6, 6.07) is 6.56. The molecule has 2 aliphatic rings. The van der Waals surface area contributed by atoms with Gasteiger partial charge < -0.3 is 15.1 Å². The second-order valence-electron chi connectivity index (χ2n) is 8.83. The maximum absolute atomic E-state index is 8.92. The number of hydrogen-bond acceptors (Lipinski definition) is 5. The third-order valence-electron chi connectivity index (χ3n) is 6.65. The third-order valence-corrected chi connectivity index (χ3v) is 6.65. The van der Waals surface area contributed by atoms with Crippen LogP contribution in [0.5, 0.6) is 0 Å². The van der Waals surface area contributed by atoms with Crippen molar-refractivity contribution in [2.75, 3.05) is 50.0 Å². The van der Waals surface area contributed by atoms with Crippen molar-refractivity contribution in [2.24, 2.45) is 5.92 Å². The first-order valence-electron chi connectivity index (χ1n) is 11.8. The van der Waals surface area contributed by atoms with Gasteiger partial charge in [-0.3, -0.25) is 10.7 Å². The molecule has 3 rings (SSSR count). The van der Waals surface area contributed by atoms with Crippen molar-refractivity contribution >= 4 is 17.5 Å². The predicted molar refractivity (Wildman–Crippen MR) is 128 cm³/mol. The van der Waals surface area contributed by atoms with E-state index in [0.29, 0.717) is 5.70 Å². The van der Waals surface area contributed by atoms with Crippen LogP contribution in [0.15, 0.2) is 36.6 Å². The third kappa shape index (κ3) is 6.78. The maximum atomic E-state index is 8.92. The van der Waals surface area contributed by atoms with Crippen molar-refractivity contribution in [1.82, 2.24) is 10.4 Å². The number of nitrogens with zero attached hydrogens (tertiary/aromatic N) is 2. The molecule has 5 nitrogen and oxygen atoms in total. The minimum absolute atomic E-state index is 0.476. The summed E-state index contributed by atoms with van der Waals surface area (Å²) >= 11 is 0. The Bertz CT molecular complexity index is 690. The summed E-state index contributed by atoms with van der Waals surface area (Å²) in [6.45, 7) is 9.59. The molecule has 0 bridgehead atoms. The first-order chi connectivity index (χ1) is 14.7. The highest BCUT2D eigenvalue weighted by Gasteiger charge is 2.18. The molecule has 30 heavy (non-hydrogen) atoms. The highest BCUT2D eigenvalue weighted by Crippen LogP contribution is 2.31. The molecular formula is C25H40N4O. The monoisotopic (exact) mass is 412 g/mol. The van der Waals surface area contributed by atoms with Crippen molar-refractivity contribution in [2.45, 2.75) is 51.4 Å². The zero-order chi connectivity index (χ0) is 21.2. The van der Waals surface area contributed by atoms with E-state index in [2.05, 4.69) is 45.4 Å². The van der Waals surface area contributed by atoms with Gasteiger partial charge in [0, 0.05) is 26.7 Å². The maximum Gasteiger partial charge on any atom is 0.0602 e. The zero-order valence-electron chi connectivity index (χ0n) is 18.7. The van der Waals surface area contributed by atoms with Gasteiger partial charge in [-0.15, -0.1) is 0 Å². The van der Waals surface area contributed by atoms with Gasteiger partial charge in [0.15, 0.2) is 0 Å². The molecule has 2 fully saturated rings. The van der Waals surface area contributed by atoms with Crippen molar-refractivity contribution in [3.05, 3.63) is 42.1 Å². The van der Waals surface area contributed by atoms with Crippen LogP contribution >= 0.6 is 0 Å². The molecule has 0 atom stereocenters. The molecule has 0 spiro atoms. The lowest BCUT2D eigenvalue weighted by molar-refractivity contribution is 0.205. The molecule has 0 aromatic heterocycles. The molecule has 1 aliphatic carbocycles. The van der Waals surface area contributed by atoms with Gasteiger partial charge in [-0.2, -0.15) is 0 Å². The number of benzene rings is 1. The van der Waals surface area contributed by atoms with Gasteiger partial charge >= 0.3 is 0 Å². The van der Waals surface area contributed by atoms with Crippen LogP contribution in [0.25, 0.3) is 6.08 Å². The number of rotatable bonds is 12. The average molecular weight is 413 g/mol. The number of nitrogens with one attached hydrogen (secondary N) is 2. The normalized spacial score (nSPS) is 17.7. The smallest absolute Gasteiger partial charge is 0.0602 e. The molecule has 1 saturated heterocycles. The van der Waals surface area contributed by atoms with Crippen molar-refractivity contribution in [3.63, 3.8) is 0 Å². The van der Waals surface area contributed by atoms with Crippen molar-refractivity contribution < 1.29 is 5.21 Å². The average Bonchev–Trinajstić information content (AvgIpc) is 3.48. The molecule has 1 aromatic rings. The van der Waals surface area contributed by atoms with Gasteiger partial charge in [-0.25, -0.2) is 0 Å². The zero-order valence-corrected chi connectivity index (χ0v) is 18.7. The highest BCUT2D eigenvalue weighted by atomic mass is 16.5. The first kappa shape index (κ1) is 22.7. The topological polar surface area (TPSA) is 50.8 Å². The molecular weight excluding hydrogens is 372 g/mol. The fraction of sp³-hybridized carbons (Fsp3) is 0.600. The number of hydroxylamine groups is 1. The van der Waals surface area contributed by atoms with Crippen LogP contribution < -0.4 is 15.7 Å². The van der Waals surface area contributed by atoms with Crippen LogP contribution in [0.1, 0.15) is 56.9 Å². The van der Waals surface area contributed by atoms with E-state index in [0.717, 1.165) is 36.8 Å². The van der Waals surface area contributed by atoms with E-state index in [9.17, 15) is 0 Å². The summed E-state index contributed by atoms with van der Waals surface area (Å²) in [7, 11) is 2.00. The summed E-state index contributed by atoms with van der Waals surface area (Å²) < 4.78 is 0. The fourth-order valence-corrected chi connectivity index (χ4v) is 4.86. The van der Waals surface area contributed by atoms with Gasteiger partial charge in [0.25, 0.3) is 0 Å². The molecule has 0 unspecified atom stereocenters. The van der Waals surface area contributed by atoms with Crippen LogP contribution in [0, 0.1) is 5.92 Å². The SMILES string of the molecule is C=C(/C=C/c1ccc(N(CCCC2CCCC2)CCN2CCCC2)c(NC)c1)NO. The molecule has 0 radical (unpaired) electrons. The summed E-state index contributed by atoms with van der Waals surface area (Å²) in [5.41, 5.74) is 6.08. The lowest BCUT2D eigenvalue weighted by Crippen LogP contribution is -2.35. The molecule has 1 saturated carbocycles. The molecule has 166 valence electrons. The van der Waals surface area contributed by atoms with Crippen LogP contribution in [-0.2, 0) is 0 Å². The summed E-state index contributed by atoms with van der Waals surface area (Å²) in [5, 5.41) is 12.3. The van der Waals surface area contributed by atoms with Crippen LogP contribution in [0.4, 0.5) is 11.4 Å². The number of likely N-dealkylation sites (tertiary alicyclic amines) is 1. The molecule has 5 heteroatoms. The Labute approximate surface area is 182 Å². The Morgan fingerprint density at radius 2 is 1.97 bits per heavy atom. The Hall–Kier alpha value is -1.98. The van der Waals surface area contributed by atoms with Crippen LogP contribution in [0.3, 0.4) is 0 Å². The van der Waals surface area contributed by atoms with E-state index < -0.39 is 0 Å². The summed E-state index contributed by atoms with van der Waals surface area (Å²) in [5.74, 6) is 0.954. The van der Waals surface area contributed by atoms with E-state index in [4.69, 9.17) is 5.21 Å². The lowest BCUT2D eigenvalue weighted by atomic mass is 10.0. The molecule has 1 aromatic carbocycles. The van der Waals surface area contributed by atoms with Crippen LogP contribution in [0.2, 0.25) is 0 Å². The number of anilines is 2. The second-order valence-corrected chi connectivity index (χ2v) is 8.83. The minimum Gasteiger partial charge on any atom is -0.386 e. The Balaban J connectivity index is 1.68. The van der Waals surface area contributed by atoms with E-state index in [1.165, 1.54) is 70.1 Å². The summed E-state index contributed by atoms with van der Waals surface area (Å²) in [4.78, 5) is 5.19. The van der Waals surface area contributed by atoms with E-state index in [1.54, 1.807) is 6.08 Å². The minimum atomic E-state index is 0.476. The Morgan fingerprint density at radius 3 is 2.67 bits per heavy atom. The standard InChI is InChI=1S/C25H40N4O/c1-21(27-30)11-12-23-13-14-25(24(20-23)26-2)29(19-18-28-15-5-6-16-28)17-7-10-22-8-3-4-9-22/h11-14,20,22,26-27,30H,1,3-10,15-19H2,2H3/b12-11+. The van der Waals surface area contributed by atoms with Gasteiger partial charge in [0.2, 0.25) is 0 Å². The molecule has 1 heterocycles. The molecule has 1 aliphatic heterocycles.